The number of nitrogens with zero attached hydrogens (tertiary/aromatic N) is 3. The van der Waals surface area contributed by atoms with Crippen molar-refractivity contribution >= 4 is 5.91 Å². The molecule has 7 heteroatoms. The molecule has 20 heavy (non-hydrogen) atoms. The monoisotopic (exact) mass is 275 g/mol. The third-order valence-corrected chi connectivity index (χ3v) is 3.64. The maximum atomic E-state index is 12.1. The van der Waals surface area contributed by atoms with Crippen LogP contribution in [0.3, 0.4) is 0 Å². The Kier molecular flexibility index (Phi) is 3.51. The summed E-state index contributed by atoms with van der Waals surface area (Å²) in [7, 11) is 0. The van der Waals surface area contributed by atoms with Gasteiger partial charge in [0.25, 0.3) is 5.91 Å². The van der Waals surface area contributed by atoms with Crippen molar-refractivity contribution in [1.29, 1.82) is 0 Å². The standard InChI is InChI=1S/C13H17N5O2/c19-5-4-18-12-3-1-2-11(10(12)8-16-18)17-13(20)9-6-14-15-7-9/h6-8,11,19H,1-5H2,(H,14,15)(H,17,20). The van der Waals surface area contributed by atoms with Gasteiger partial charge in [0.15, 0.2) is 0 Å². The SMILES string of the molecule is O=C(NC1CCCc2c1cnn2CCO)c1cn[nH]c1. The van der Waals surface area contributed by atoms with Crippen LogP contribution in [0.2, 0.25) is 0 Å². The molecule has 1 aliphatic rings. The molecule has 0 saturated carbocycles. The van der Waals surface area contributed by atoms with Crippen LogP contribution in [0, 0.1) is 0 Å². The zero-order valence-corrected chi connectivity index (χ0v) is 11.0. The highest BCUT2D eigenvalue weighted by molar-refractivity contribution is 5.93. The molecule has 0 bridgehead atoms. The molecule has 3 rings (SSSR count). The Balaban J connectivity index is 1.78. The van der Waals surface area contributed by atoms with Crippen molar-refractivity contribution in [3.05, 3.63) is 35.4 Å². The molecule has 7 nitrogen and oxygen atoms in total. The van der Waals surface area contributed by atoms with Gasteiger partial charge in [-0.05, 0) is 19.3 Å². The summed E-state index contributed by atoms with van der Waals surface area (Å²) in [6.07, 6.45) is 7.72. The second kappa shape index (κ2) is 5.46. The number of hydrogen-bond donors (Lipinski definition) is 3. The second-order valence-corrected chi connectivity index (χ2v) is 4.90. The fraction of sp³-hybridized carbons (Fsp3) is 0.462. The van der Waals surface area contributed by atoms with Gasteiger partial charge in [0.2, 0.25) is 0 Å². The molecule has 0 spiro atoms. The molecule has 0 aromatic carbocycles. The van der Waals surface area contributed by atoms with Gasteiger partial charge in [0.05, 0.1) is 37.2 Å². The molecule has 0 saturated heterocycles. The minimum Gasteiger partial charge on any atom is -0.394 e. The third kappa shape index (κ3) is 2.32. The zero-order valence-electron chi connectivity index (χ0n) is 11.0. The average Bonchev–Trinajstić information content (AvgIpc) is 3.09. The van der Waals surface area contributed by atoms with E-state index in [1.54, 1.807) is 12.4 Å². The number of aromatic amines is 1. The average molecular weight is 275 g/mol. The predicted octanol–water partition coefficient (Wildman–Crippen LogP) is 0.406. The van der Waals surface area contributed by atoms with Crippen molar-refractivity contribution in [3.8, 4) is 0 Å². The van der Waals surface area contributed by atoms with Gasteiger partial charge in [-0.1, -0.05) is 0 Å². The minimum atomic E-state index is -0.133. The number of nitrogens with one attached hydrogen (secondary N) is 2. The van der Waals surface area contributed by atoms with Crippen molar-refractivity contribution < 1.29 is 9.90 Å². The van der Waals surface area contributed by atoms with E-state index in [0.29, 0.717) is 12.1 Å². The fourth-order valence-corrected chi connectivity index (χ4v) is 2.67. The van der Waals surface area contributed by atoms with Gasteiger partial charge in [0, 0.05) is 17.5 Å². The van der Waals surface area contributed by atoms with Gasteiger partial charge in [-0.2, -0.15) is 10.2 Å². The van der Waals surface area contributed by atoms with E-state index in [9.17, 15) is 4.79 Å². The van der Waals surface area contributed by atoms with Gasteiger partial charge in [-0.3, -0.25) is 14.6 Å². The Morgan fingerprint density at radius 1 is 1.55 bits per heavy atom. The van der Waals surface area contributed by atoms with Crippen LogP contribution in [0.15, 0.2) is 18.6 Å². The Morgan fingerprint density at radius 2 is 2.45 bits per heavy atom. The topological polar surface area (TPSA) is 95.8 Å². The molecule has 1 atom stereocenters. The maximum absolute atomic E-state index is 12.1. The molecule has 1 unspecified atom stereocenters. The lowest BCUT2D eigenvalue weighted by Gasteiger charge is -2.24. The third-order valence-electron chi connectivity index (χ3n) is 3.64. The molecule has 1 aliphatic carbocycles. The van der Waals surface area contributed by atoms with Crippen LogP contribution < -0.4 is 5.32 Å². The number of carbonyl (C=O) groups is 1. The zero-order chi connectivity index (χ0) is 13.9. The van der Waals surface area contributed by atoms with Crippen LogP contribution in [0.25, 0.3) is 0 Å². The Bertz CT molecular complexity index is 590. The van der Waals surface area contributed by atoms with Crippen LogP contribution in [-0.4, -0.2) is 37.6 Å². The van der Waals surface area contributed by atoms with Crippen molar-refractivity contribution in [1.82, 2.24) is 25.3 Å². The van der Waals surface area contributed by atoms with Gasteiger partial charge in [-0.15, -0.1) is 0 Å². The minimum absolute atomic E-state index is 0.0198. The number of amides is 1. The smallest absolute Gasteiger partial charge is 0.254 e. The number of H-pyrrole nitrogens is 1. The normalized spacial score (nSPS) is 17.8. The summed E-state index contributed by atoms with van der Waals surface area (Å²) in [5, 5.41) is 22.8. The fourth-order valence-electron chi connectivity index (χ4n) is 2.67. The first kappa shape index (κ1) is 12.9. The van der Waals surface area contributed by atoms with Crippen LogP contribution in [-0.2, 0) is 13.0 Å². The molecule has 2 aromatic heterocycles. The lowest BCUT2D eigenvalue weighted by atomic mass is 9.93. The number of hydrogen-bond acceptors (Lipinski definition) is 4. The Labute approximate surface area is 116 Å². The summed E-state index contributed by atoms with van der Waals surface area (Å²) in [5.74, 6) is -0.133. The number of aliphatic hydroxyl groups is 1. The lowest BCUT2D eigenvalue weighted by molar-refractivity contribution is 0.0932. The summed E-state index contributed by atoms with van der Waals surface area (Å²) in [4.78, 5) is 12.1. The first-order valence-corrected chi connectivity index (χ1v) is 6.74. The van der Waals surface area contributed by atoms with E-state index in [1.807, 2.05) is 4.68 Å². The summed E-state index contributed by atoms with van der Waals surface area (Å²) in [5.41, 5.74) is 2.70. The van der Waals surface area contributed by atoms with Crippen LogP contribution in [0.4, 0.5) is 0 Å². The van der Waals surface area contributed by atoms with Crippen LogP contribution >= 0.6 is 0 Å². The van der Waals surface area contributed by atoms with E-state index in [1.165, 1.54) is 6.20 Å². The number of carbonyl (C=O) groups excluding carboxylic acids is 1. The predicted molar refractivity (Wildman–Crippen MR) is 71.0 cm³/mol. The van der Waals surface area contributed by atoms with Crippen molar-refractivity contribution in [3.63, 3.8) is 0 Å². The number of fused-ring (bicyclic) bond motifs is 1. The van der Waals surface area contributed by atoms with Crippen LogP contribution in [0.1, 0.15) is 40.5 Å². The van der Waals surface area contributed by atoms with Gasteiger partial charge in [0.1, 0.15) is 0 Å². The lowest BCUT2D eigenvalue weighted by Crippen LogP contribution is -2.30. The van der Waals surface area contributed by atoms with E-state index in [4.69, 9.17) is 5.11 Å². The number of rotatable bonds is 4. The molecule has 2 aromatic rings. The molecular weight excluding hydrogens is 258 g/mol. The highest BCUT2D eigenvalue weighted by Gasteiger charge is 2.25. The Morgan fingerprint density at radius 3 is 3.20 bits per heavy atom. The molecule has 0 radical (unpaired) electrons. The number of aromatic nitrogens is 4. The second-order valence-electron chi connectivity index (χ2n) is 4.90. The highest BCUT2D eigenvalue weighted by atomic mass is 16.3. The van der Waals surface area contributed by atoms with E-state index >= 15 is 0 Å². The summed E-state index contributed by atoms with van der Waals surface area (Å²) >= 11 is 0. The van der Waals surface area contributed by atoms with Gasteiger partial charge < -0.3 is 10.4 Å². The van der Waals surface area contributed by atoms with E-state index in [0.717, 1.165) is 30.5 Å². The first-order chi connectivity index (χ1) is 9.79. The molecule has 106 valence electrons. The molecule has 1 amide bonds. The molecule has 2 heterocycles. The largest absolute Gasteiger partial charge is 0.394 e. The van der Waals surface area contributed by atoms with E-state index in [-0.39, 0.29) is 18.6 Å². The van der Waals surface area contributed by atoms with E-state index < -0.39 is 0 Å². The van der Waals surface area contributed by atoms with Gasteiger partial charge in [-0.25, -0.2) is 0 Å². The van der Waals surface area contributed by atoms with Crippen LogP contribution in [0.5, 0.6) is 0 Å². The summed E-state index contributed by atoms with van der Waals surface area (Å²) < 4.78 is 1.82. The van der Waals surface area contributed by atoms with Crippen molar-refractivity contribution in [2.75, 3.05) is 6.61 Å². The maximum Gasteiger partial charge on any atom is 0.254 e. The molecule has 3 N–H and O–H groups in total. The highest BCUT2D eigenvalue weighted by Crippen LogP contribution is 2.29. The molecule has 0 aliphatic heterocycles. The van der Waals surface area contributed by atoms with Crippen molar-refractivity contribution in [2.45, 2.75) is 31.8 Å². The first-order valence-electron chi connectivity index (χ1n) is 6.74. The summed E-state index contributed by atoms with van der Waals surface area (Å²) in [6, 6.07) is -0.0198. The van der Waals surface area contributed by atoms with Crippen molar-refractivity contribution in [2.24, 2.45) is 0 Å². The van der Waals surface area contributed by atoms with E-state index in [2.05, 4.69) is 20.6 Å². The van der Waals surface area contributed by atoms with Gasteiger partial charge >= 0.3 is 0 Å². The quantitative estimate of drug-likeness (QED) is 0.753. The Hall–Kier alpha value is -2.15. The molecule has 0 fully saturated rings. The summed E-state index contributed by atoms with van der Waals surface area (Å²) in [6.45, 7) is 0.567. The molecular formula is C13H17N5O2. The number of aliphatic hydroxyl groups excluding tert-OH is 1.